The van der Waals surface area contributed by atoms with E-state index < -0.39 is 0 Å². The number of hydrogen-bond donors (Lipinski definition) is 2. The molecule has 5 rings (SSSR count). The van der Waals surface area contributed by atoms with E-state index in [1.807, 2.05) is 53.6 Å². The molecule has 3 aromatic heterocycles. The second-order valence-corrected chi connectivity index (χ2v) is 8.94. The van der Waals surface area contributed by atoms with Gasteiger partial charge in [-0.25, -0.2) is 0 Å². The summed E-state index contributed by atoms with van der Waals surface area (Å²) < 4.78 is 7.01. The van der Waals surface area contributed by atoms with Crippen LogP contribution in [0, 0.1) is 0 Å². The van der Waals surface area contributed by atoms with Gasteiger partial charge in [0.15, 0.2) is 5.11 Å². The van der Waals surface area contributed by atoms with E-state index >= 15 is 0 Å². The molecule has 2 atom stereocenters. The molecule has 182 valence electrons. The molecular formula is C26H23ClN6O2S. The van der Waals surface area contributed by atoms with E-state index in [0.717, 1.165) is 22.8 Å². The van der Waals surface area contributed by atoms with Crippen LogP contribution < -0.4 is 15.5 Å². The normalized spacial score (nSPS) is 17.2. The lowest BCUT2D eigenvalue weighted by Crippen LogP contribution is -2.30. The van der Waals surface area contributed by atoms with Crippen molar-refractivity contribution in [2.75, 3.05) is 23.9 Å². The standard InChI is InChI=1S/C26H23ClN6O2S/c1-35-16-23(34)30-20-8-7-18(15-19(20)27)33-25(24(31-26(33)36)21-5-2-3-11-29-21)22-6-4-14-32(22)17-9-12-28-13-10-17/h2-15,24-25H,16H2,1H3,(H,30,34)(H,31,36)/t24-,25-/m0/s1. The summed E-state index contributed by atoms with van der Waals surface area (Å²) in [5.74, 6) is -0.284. The maximum Gasteiger partial charge on any atom is 0.250 e. The van der Waals surface area contributed by atoms with E-state index in [1.165, 1.54) is 7.11 Å². The van der Waals surface area contributed by atoms with E-state index in [-0.39, 0.29) is 24.6 Å². The van der Waals surface area contributed by atoms with E-state index in [4.69, 9.17) is 28.6 Å². The van der Waals surface area contributed by atoms with E-state index in [9.17, 15) is 4.79 Å². The van der Waals surface area contributed by atoms with Crippen molar-refractivity contribution >= 4 is 46.2 Å². The second-order valence-electron chi connectivity index (χ2n) is 8.15. The average Bonchev–Trinajstić information content (AvgIpc) is 3.51. The number of hydrogen-bond acceptors (Lipinski definition) is 5. The summed E-state index contributed by atoms with van der Waals surface area (Å²) >= 11 is 12.4. The smallest absolute Gasteiger partial charge is 0.250 e. The van der Waals surface area contributed by atoms with Gasteiger partial charge in [-0.05, 0) is 66.8 Å². The van der Waals surface area contributed by atoms with Gasteiger partial charge in [-0.3, -0.25) is 14.8 Å². The van der Waals surface area contributed by atoms with Crippen LogP contribution >= 0.6 is 23.8 Å². The van der Waals surface area contributed by atoms with Crippen molar-refractivity contribution < 1.29 is 9.53 Å². The Bertz CT molecular complexity index is 1380. The van der Waals surface area contributed by atoms with Crippen molar-refractivity contribution in [1.29, 1.82) is 0 Å². The van der Waals surface area contributed by atoms with Crippen LogP contribution in [0.3, 0.4) is 0 Å². The number of halogens is 1. The van der Waals surface area contributed by atoms with Crippen LogP contribution in [0.15, 0.2) is 85.5 Å². The number of rotatable bonds is 7. The highest BCUT2D eigenvalue weighted by atomic mass is 35.5. The first-order chi connectivity index (χ1) is 17.6. The first-order valence-corrected chi connectivity index (χ1v) is 12.0. The van der Waals surface area contributed by atoms with Crippen LogP contribution in [0.1, 0.15) is 23.5 Å². The summed E-state index contributed by atoms with van der Waals surface area (Å²) in [6.07, 6.45) is 7.32. The summed E-state index contributed by atoms with van der Waals surface area (Å²) in [6.45, 7) is -0.0575. The molecule has 1 fully saturated rings. The van der Waals surface area contributed by atoms with Crippen LogP contribution in [-0.2, 0) is 9.53 Å². The average molecular weight is 519 g/mol. The number of thiocarbonyl (C=S) groups is 1. The van der Waals surface area contributed by atoms with Gasteiger partial charge in [-0.1, -0.05) is 17.7 Å². The van der Waals surface area contributed by atoms with Gasteiger partial charge >= 0.3 is 0 Å². The zero-order valence-electron chi connectivity index (χ0n) is 19.3. The zero-order valence-corrected chi connectivity index (χ0v) is 20.9. The number of aromatic nitrogens is 3. The number of methoxy groups -OCH3 is 1. The third-order valence-corrected chi connectivity index (χ3v) is 6.53. The number of ether oxygens (including phenoxy) is 1. The third kappa shape index (κ3) is 4.68. The van der Waals surface area contributed by atoms with Crippen LogP contribution in [-0.4, -0.2) is 39.3 Å². The minimum Gasteiger partial charge on any atom is -0.375 e. The lowest BCUT2D eigenvalue weighted by atomic mass is 10.0. The van der Waals surface area contributed by atoms with Gasteiger partial charge < -0.3 is 24.8 Å². The molecular weight excluding hydrogens is 496 g/mol. The van der Waals surface area contributed by atoms with Gasteiger partial charge in [0.05, 0.1) is 22.4 Å². The molecule has 0 bridgehead atoms. The molecule has 1 aliphatic rings. The largest absolute Gasteiger partial charge is 0.375 e. The summed E-state index contributed by atoms with van der Waals surface area (Å²) in [6, 6.07) is 18.8. The number of carbonyl (C=O) groups is 1. The van der Waals surface area contributed by atoms with Gasteiger partial charge in [0.1, 0.15) is 12.6 Å². The maximum absolute atomic E-state index is 12.0. The lowest BCUT2D eigenvalue weighted by Gasteiger charge is -2.29. The molecule has 36 heavy (non-hydrogen) atoms. The number of nitrogens with one attached hydrogen (secondary N) is 2. The first-order valence-electron chi connectivity index (χ1n) is 11.2. The highest BCUT2D eigenvalue weighted by Crippen LogP contribution is 2.43. The number of anilines is 2. The molecule has 4 aromatic rings. The van der Waals surface area contributed by atoms with Crippen molar-refractivity contribution in [3.8, 4) is 5.69 Å². The maximum atomic E-state index is 12.0. The molecule has 0 aliphatic carbocycles. The molecule has 8 nitrogen and oxygen atoms in total. The van der Waals surface area contributed by atoms with Crippen LogP contribution in [0.4, 0.5) is 11.4 Å². The Balaban J connectivity index is 1.58. The Labute approximate surface area is 218 Å². The van der Waals surface area contributed by atoms with Crippen molar-refractivity contribution in [3.05, 3.63) is 102 Å². The van der Waals surface area contributed by atoms with Crippen LogP contribution in [0.25, 0.3) is 5.69 Å². The van der Waals surface area contributed by atoms with E-state index in [0.29, 0.717) is 15.8 Å². The molecule has 0 radical (unpaired) electrons. The van der Waals surface area contributed by atoms with Crippen molar-refractivity contribution in [2.45, 2.75) is 12.1 Å². The molecule has 1 amide bonds. The summed E-state index contributed by atoms with van der Waals surface area (Å²) in [5.41, 5.74) is 4.14. The highest BCUT2D eigenvalue weighted by Gasteiger charge is 2.42. The lowest BCUT2D eigenvalue weighted by molar-refractivity contribution is -0.119. The van der Waals surface area contributed by atoms with Crippen LogP contribution in [0.2, 0.25) is 5.02 Å². The van der Waals surface area contributed by atoms with Crippen molar-refractivity contribution in [3.63, 3.8) is 0 Å². The number of amides is 1. The Morgan fingerprint density at radius 2 is 1.94 bits per heavy atom. The Morgan fingerprint density at radius 3 is 2.67 bits per heavy atom. The molecule has 2 N–H and O–H groups in total. The molecule has 0 saturated carbocycles. The van der Waals surface area contributed by atoms with Gasteiger partial charge in [0.2, 0.25) is 5.91 Å². The molecule has 1 aliphatic heterocycles. The Morgan fingerprint density at radius 1 is 1.11 bits per heavy atom. The predicted octanol–water partition coefficient (Wildman–Crippen LogP) is 4.68. The number of carbonyl (C=O) groups excluding carboxylic acids is 1. The molecule has 1 aromatic carbocycles. The monoisotopic (exact) mass is 518 g/mol. The number of nitrogens with zero attached hydrogens (tertiary/aromatic N) is 4. The molecule has 1 saturated heterocycles. The molecule has 10 heteroatoms. The fraction of sp³-hybridized carbons (Fsp3) is 0.154. The van der Waals surface area contributed by atoms with Crippen LogP contribution in [0.5, 0.6) is 0 Å². The number of pyridine rings is 2. The van der Waals surface area contributed by atoms with E-state index in [1.54, 1.807) is 30.7 Å². The summed E-state index contributed by atoms with van der Waals surface area (Å²) in [4.78, 5) is 22.8. The van der Waals surface area contributed by atoms with Crippen molar-refractivity contribution in [1.82, 2.24) is 19.9 Å². The third-order valence-electron chi connectivity index (χ3n) is 5.90. The van der Waals surface area contributed by atoms with Gasteiger partial charge in [-0.15, -0.1) is 0 Å². The van der Waals surface area contributed by atoms with Gasteiger partial charge in [-0.2, -0.15) is 0 Å². The summed E-state index contributed by atoms with van der Waals surface area (Å²) in [7, 11) is 1.46. The molecule has 4 heterocycles. The molecule has 0 spiro atoms. The topological polar surface area (TPSA) is 84.3 Å². The Hall–Kier alpha value is -3.79. The van der Waals surface area contributed by atoms with Gasteiger partial charge in [0, 0.05) is 49.0 Å². The first kappa shape index (κ1) is 23.9. The fourth-order valence-electron chi connectivity index (χ4n) is 4.38. The summed E-state index contributed by atoms with van der Waals surface area (Å²) in [5, 5.41) is 7.16. The quantitative estimate of drug-likeness (QED) is 0.343. The predicted molar refractivity (Wildman–Crippen MR) is 143 cm³/mol. The Kier molecular flexibility index (Phi) is 6.95. The van der Waals surface area contributed by atoms with Gasteiger partial charge in [0.25, 0.3) is 0 Å². The minimum absolute atomic E-state index is 0.0575. The molecule has 0 unspecified atom stereocenters. The fourth-order valence-corrected chi connectivity index (χ4v) is 4.95. The number of benzene rings is 1. The minimum atomic E-state index is -0.284. The van der Waals surface area contributed by atoms with Crippen molar-refractivity contribution in [2.24, 2.45) is 0 Å². The van der Waals surface area contributed by atoms with E-state index in [2.05, 4.69) is 31.2 Å². The highest BCUT2D eigenvalue weighted by molar-refractivity contribution is 7.80. The zero-order chi connectivity index (χ0) is 25.1. The SMILES string of the molecule is COCC(=O)Nc1ccc(N2C(=S)N[C@@H](c3ccccn3)[C@@H]2c2cccn2-c2ccncc2)cc1Cl. The second kappa shape index (κ2) is 10.4.